The molecule has 9 heteroatoms. The second kappa shape index (κ2) is 4.35. The average Bonchev–Trinajstić information content (AvgIpc) is 2.13. The average molecular weight is 281 g/mol. The predicted molar refractivity (Wildman–Crippen MR) is 55.2 cm³/mol. The van der Waals surface area contributed by atoms with E-state index < -0.39 is 42.2 Å². The Labute approximate surface area is 98.2 Å². The van der Waals surface area contributed by atoms with Crippen molar-refractivity contribution in [2.45, 2.75) is 23.3 Å². The Kier molecular flexibility index (Phi) is 3.60. The fourth-order valence-corrected chi connectivity index (χ4v) is 3.05. The largest absolute Gasteiger partial charge is 0.294 e. The molecule has 1 aromatic rings. The van der Waals surface area contributed by atoms with Gasteiger partial charge in [-0.2, -0.15) is 16.8 Å². The molecule has 0 saturated carbocycles. The van der Waals surface area contributed by atoms with Gasteiger partial charge in [0.15, 0.2) is 0 Å². The Morgan fingerprint density at radius 1 is 1.00 bits per heavy atom. The summed E-state index contributed by atoms with van der Waals surface area (Å²) >= 11 is 0. The molecule has 0 spiro atoms. The maximum absolute atomic E-state index is 11.0. The van der Waals surface area contributed by atoms with Gasteiger partial charge in [-0.1, -0.05) is 0 Å². The molecule has 0 amide bonds. The highest BCUT2D eigenvalue weighted by Gasteiger charge is 2.24. The minimum Gasteiger partial charge on any atom is -0.282 e. The summed E-state index contributed by atoms with van der Waals surface area (Å²) in [5.74, 6) is 0. The van der Waals surface area contributed by atoms with Gasteiger partial charge in [0, 0.05) is 5.56 Å². The van der Waals surface area contributed by atoms with Gasteiger partial charge in [-0.05, 0) is 24.6 Å². The molecule has 17 heavy (non-hydrogen) atoms. The predicted octanol–water partition coefficient (Wildman–Crippen LogP) is 0.419. The van der Waals surface area contributed by atoms with Crippen LogP contribution in [-0.4, -0.2) is 25.9 Å². The topological polar surface area (TPSA) is 129 Å². The standard InChI is InChI=1S/C8H9O7S2/c1-5-2-7(16(10,11)12)6(4-9)8(3-5)17(13,14)15/h2-3H,4H2,1H3,(H,10,11,12)(H,13,14,15). The second-order valence-electron chi connectivity index (χ2n) is 3.33. The molecule has 95 valence electrons. The van der Waals surface area contributed by atoms with Crippen molar-refractivity contribution in [1.82, 2.24) is 0 Å². The van der Waals surface area contributed by atoms with Gasteiger partial charge >= 0.3 is 0 Å². The van der Waals surface area contributed by atoms with Gasteiger partial charge in [0.2, 0.25) is 0 Å². The van der Waals surface area contributed by atoms with E-state index >= 15 is 0 Å². The smallest absolute Gasteiger partial charge is 0.282 e. The van der Waals surface area contributed by atoms with Gasteiger partial charge in [-0.15, -0.1) is 0 Å². The monoisotopic (exact) mass is 281 g/mol. The molecule has 0 unspecified atom stereocenters. The van der Waals surface area contributed by atoms with Crippen molar-refractivity contribution in [2.75, 3.05) is 0 Å². The van der Waals surface area contributed by atoms with E-state index in [0.29, 0.717) is 0 Å². The summed E-state index contributed by atoms with van der Waals surface area (Å²) in [6.45, 7) is 0.155. The molecule has 0 aromatic heterocycles. The van der Waals surface area contributed by atoms with E-state index in [1.165, 1.54) is 6.92 Å². The van der Waals surface area contributed by atoms with Crippen molar-refractivity contribution in [3.8, 4) is 0 Å². The normalized spacial score (nSPS) is 12.7. The molecule has 0 aliphatic heterocycles. The molecule has 0 aliphatic rings. The fourth-order valence-electron chi connectivity index (χ4n) is 1.35. The summed E-state index contributed by atoms with van der Waals surface area (Å²) in [6, 6.07) is 1.91. The molecule has 0 heterocycles. The Bertz CT molecular complexity index is 589. The summed E-state index contributed by atoms with van der Waals surface area (Å²) < 4.78 is 61.7. The van der Waals surface area contributed by atoms with Crippen LogP contribution in [0.4, 0.5) is 0 Å². The van der Waals surface area contributed by atoms with E-state index in [2.05, 4.69) is 0 Å². The van der Waals surface area contributed by atoms with Crippen LogP contribution in [0.3, 0.4) is 0 Å². The highest BCUT2D eigenvalue weighted by Crippen LogP contribution is 2.25. The molecule has 0 atom stereocenters. The lowest BCUT2D eigenvalue weighted by Gasteiger charge is -2.09. The van der Waals surface area contributed by atoms with Crippen molar-refractivity contribution >= 4 is 20.2 Å². The zero-order valence-corrected chi connectivity index (χ0v) is 10.2. The molecule has 0 bridgehead atoms. The Morgan fingerprint density at radius 3 is 1.59 bits per heavy atom. The van der Waals surface area contributed by atoms with Gasteiger partial charge in [0.05, 0.1) is 0 Å². The maximum atomic E-state index is 11.0. The minimum absolute atomic E-state index is 0.169. The highest BCUT2D eigenvalue weighted by atomic mass is 32.2. The lowest BCUT2D eigenvalue weighted by Crippen LogP contribution is -2.10. The van der Waals surface area contributed by atoms with Gasteiger partial charge < -0.3 is 0 Å². The molecule has 0 fully saturated rings. The minimum atomic E-state index is -4.73. The van der Waals surface area contributed by atoms with Gasteiger partial charge in [-0.25, -0.2) is 5.11 Å². The van der Waals surface area contributed by atoms with Crippen molar-refractivity contribution < 1.29 is 31.0 Å². The molecule has 7 nitrogen and oxygen atoms in total. The van der Waals surface area contributed by atoms with Gasteiger partial charge in [0.25, 0.3) is 20.2 Å². The van der Waals surface area contributed by atoms with Crippen LogP contribution in [0.15, 0.2) is 21.9 Å². The highest BCUT2D eigenvalue weighted by molar-refractivity contribution is 7.86. The van der Waals surface area contributed by atoms with Crippen molar-refractivity contribution in [1.29, 1.82) is 0 Å². The maximum Gasteiger partial charge on any atom is 0.294 e. The molecular weight excluding hydrogens is 272 g/mol. The third kappa shape index (κ3) is 3.01. The second-order valence-corrected chi connectivity index (χ2v) is 6.11. The molecule has 0 saturated heterocycles. The molecule has 0 aliphatic carbocycles. The van der Waals surface area contributed by atoms with E-state index in [-0.39, 0.29) is 5.56 Å². The van der Waals surface area contributed by atoms with Crippen LogP contribution in [0, 0.1) is 6.92 Å². The first kappa shape index (κ1) is 14.1. The zero-order valence-electron chi connectivity index (χ0n) is 8.61. The van der Waals surface area contributed by atoms with Crippen LogP contribution in [0.25, 0.3) is 0 Å². The summed E-state index contributed by atoms with van der Waals surface area (Å²) in [6.07, 6.45) is 0. The third-order valence-electron chi connectivity index (χ3n) is 2.01. The molecular formula is C8H9O7S2. The van der Waals surface area contributed by atoms with Gasteiger partial charge in [-0.3, -0.25) is 9.11 Å². The molecule has 1 rings (SSSR count). The number of hydrogen-bond donors (Lipinski definition) is 2. The summed E-state index contributed by atoms with van der Waals surface area (Å²) in [5, 5.41) is 10.8. The Morgan fingerprint density at radius 2 is 1.35 bits per heavy atom. The fraction of sp³-hybridized carbons (Fsp3) is 0.250. The van der Waals surface area contributed by atoms with Crippen molar-refractivity contribution in [3.63, 3.8) is 0 Å². The SMILES string of the molecule is Cc1cc(S(=O)(=O)O)c(C[O])c(S(=O)(=O)O)c1. The lowest BCUT2D eigenvalue weighted by atomic mass is 10.1. The summed E-state index contributed by atoms with van der Waals surface area (Å²) in [4.78, 5) is -1.61. The van der Waals surface area contributed by atoms with Crippen LogP contribution >= 0.6 is 0 Å². The van der Waals surface area contributed by atoms with E-state index in [0.717, 1.165) is 12.1 Å². The van der Waals surface area contributed by atoms with Crippen molar-refractivity contribution in [3.05, 3.63) is 23.3 Å². The van der Waals surface area contributed by atoms with Crippen molar-refractivity contribution in [2.24, 2.45) is 0 Å². The number of benzene rings is 1. The van der Waals surface area contributed by atoms with Crippen LogP contribution in [0.5, 0.6) is 0 Å². The Hall–Kier alpha value is -1.00. The van der Waals surface area contributed by atoms with Gasteiger partial charge in [0.1, 0.15) is 16.4 Å². The third-order valence-corrected chi connectivity index (χ3v) is 3.85. The first-order valence-electron chi connectivity index (χ1n) is 4.24. The van der Waals surface area contributed by atoms with Crippen LogP contribution in [0.2, 0.25) is 0 Å². The number of hydrogen-bond acceptors (Lipinski definition) is 4. The zero-order chi connectivity index (χ0) is 13.4. The molecule has 1 radical (unpaired) electrons. The molecule has 1 aromatic carbocycles. The van der Waals surface area contributed by atoms with Crippen LogP contribution in [0.1, 0.15) is 11.1 Å². The quantitative estimate of drug-likeness (QED) is 0.772. The first-order valence-corrected chi connectivity index (χ1v) is 7.12. The van der Waals surface area contributed by atoms with E-state index in [9.17, 15) is 21.9 Å². The van der Waals surface area contributed by atoms with E-state index in [4.69, 9.17) is 9.11 Å². The number of aryl methyl sites for hydroxylation is 1. The van der Waals surface area contributed by atoms with Crippen LogP contribution in [-0.2, 0) is 31.9 Å². The van der Waals surface area contributed by atoms with E-state index in [1.54, 1.807) is 0 Å². The van der Waals surface area contributed by atoms with E-state index in [1.807, 2.05) is 0 Å². The first-order chi connectivity index (χ1) is 7.57. The number of rotatable bonds is 3. The van der Waals surface area contributed by atoms with Crippen LogP contribution < -0.4 is 0 Å². The summed E-state index contributed by atoms with van der Waals surface area (Å²) in [7, 11) is -9.45. The Balaban J connectivity index is 3.83. The lowest BCUT2D eigenvalue weighted by molar-refractivity contribution is 0.172. The molecule has 2 N–H and O–H groups in total. The summed E-state index contributed by atoms with van der Waals surface area (Å²) in [5.41, 5.74) is -0.511.